The van der Waals surface area contributed by atoms with Crippen LogP contribution < -0.4 is 5.73 Å². The topological polar surface area (TPSA) is 79.5 Å². The van der Waals surface area contributed by atoms with E-state index in [1.807, 2.05) is 0 Å². The minimum Gasteiger partial charge on any atom is -0.397 e. The predicted molar refractivity (Wildman–Crippen MR) is 69.5 cm³/mol. The zero-order chi connectivity index (χ0) is 13.2. The van der Waals surface area contributed by atoms with E-state index in [9.17, 15) is 8.42 Å². The molecule has 7 heteroatoms. The Hall–Kier alpha value is -1.18. The van der Waals surface area contributed by atoms with Gasteiger partial charge in [-0.1, -0.05) is 6.92 Å². The summed E-state index contributed by atoms with van der Waals surface area (Å²) < 4.78 is 26.1. The highest BCUT2D eigenvalue weighted by molar-refractivity contribution is 7.89. The Labute approximate surface area is 107 Å². The summed E-state index contributed by atoms with van der Waals surface area (Å²) >= 11 is 0. The largest absolute Gasteiger partial charge is 0.397 e. The van der Waals surface area contributed by atoms with Crippen LogP contribution >= 0.6 is 0 Å². The van der Waals surface area contributed by atoms with Gasteiger partial charge < -0.3 is 10.6 Å². The van der Waals surface area contributed by atoms with Gasteiger partial charge >= 0.3 is 0 Å². The minimum atomic E-state index is -3.47. The van der Waals surface area contributed by atoms with Crippen LogP contribution in [0.4, 0.5) is 5.69 Å². The monoisotopic (exact) mass is 270 g/mol. The van der Waals surface area contributed by atoms with Crippen LogP contribution in [0.5, 0.6) is 0 Å². The summed E-state index contributed by atoms with van der Waals surface area (Å²) in [4.78, 5) is 6.12. The van der Waals surface area contributed by atoms with Crippen molar-refractivity contribution < 1.29 is 8.42 Å². The van der Waals surface area contributed by atoms with Gasteiger partial charge in [0.05, 0.1) is 11.9 Å². The quantitative estimate of drug-likeness (QED) is 0.835. The van der Waals surface area contributed by atoms with E-state index >= 15 is 0 Å². The number of nitrogens with zero attached hydrogens (tertiary/aromatic N) is 3. The summed E-state index contributed by atoms with van der Waals surface area (Å²) in [5.41, 5.74) is 5.97. The third kappa shape index (κ3) is 2.63. The molecule has 1 saturated heterocycles. The van der Waals surface area contributed by atoms with E-state index in [4.69, 9.17) is 5.73 Å². The van der Waals surface area contributed by atoms with E-state index in [1.54, 1.807) is 6.07 Å². The Morgan fingerprint density at radius 2 is 1.94 bits per heavy atom. The maximum atomic E-state index is 12.3. The SMILES string of the molecule is CCN1CCN(S(=O)(=O)c2ccc(N)cn2)CC1. The highest BCUT2D eigenvalue weighted by atomic mass is 32.2. The number of anilines is 1. The maximum absolute atomic E-state index is 12.3. The molecule has 2 N–H and O–H groups in total. The molecule has 2 rings (SSSR count). The van der Waals surface area contributed by atoms with E-state index in [-0.39, 0.29) is 5.03 Å². The fourth-order valence-electron chi connectivity index (χ4n) is 1.96. The van der Waals surface area contributed by atoms with Crippen LogP contribution in [-0.2, 0) is 10.0 Å². The Morgan fingerprint density at radius 1 is 1.28 bits per heavy atom. The minimum absolute atomic E-state index is 0.0710. The summed E-state index contributed by atoms with van der Waals surface area (Å²) in [6, 6.07) is 3.01. The summed E-state index contributed by atoms with van der Waals surface area (Å²) in [6.45, 7) is 5.60. The molecular weight excluding hydrogens is 252 g/mol. The Kier molecular flexibility index (Phi) is 3.84. The van der Waals surface area contributed by atoms with Crippen molar-refractivity contribution in [2.24, 2.45) is 0 Å². The average molecular weight is 270 g/mol. The maximum Gasteiger partial charge on any atom is 0.260 e. The van der Waals surface area contributed by atoms with Crippen molar-refractivity contribution in [3.63, 3.8) is 0 Å². The molecule has 1 aromatic rings. The summed E-state index contributed by atoms with van der Waals surface area (Å²) in [6.07, 6.45) is 1.37. The third-order valence-corrected chi connectivity index (χ3v) is 4.96. The number of likely N-dealkylation sites (N-methyl/N-ethyl adjacent to an activating group) is 1. The van der Waals surface area contributed by atoms with Gasteiger partial charge in [0.15, 0.2) is 5.03 Å². The Balaban J connectivity index is 2.15. The lowest BCUT2D eigenvalue weighted by Crippen LogP contribution is -2.48. The molecule has 1 aromatic heterocycles. The van der Waals surface area contributed by atoms with E-state index in [0.29, 0.717) is 18.8 Å². The smallest absolute Gasteiger partial charge is 0.260 e. The number of rotatable bonds is 3. The first kappa shape index (κ1) is 13.3. The molecule has 1 aliphatic heterocycles. The first-order chi connectivity index (χ1) is 8.54. The molecule has 0 radical (unpaired) electrons. The molecule has 0 unspecified atom stereocenters. The fraction of sp³-hybridized carbons (Fsp3) is 0.545. The van der Waals surface area contributed by atoms with Crippen molar-refractivity contribution in [2.45, 2.75) is 11.9 Å². The van der Waals surface area contributed by atoms with Crippen molar-refractivity contribution in [1.29, 1.82) is 0 Å². The predicted octanol–water partition coefficient (Wildman–Crippen LogP) is -0.0100. The molecule has 0 aliphatic carbocycles. The number of nitrogen functional groups attached to an aromatic ring is 1. The third-order valence-electron chi connectivity index (χ3n) is 3.14. The zero-order valence-electron chi connectivity index (χ0n) is 10.4. The second-order valence-corrected chi connectivity index (χ2v) is 6.15. The van der Waals surface area contributed by atoms with Crippen LogP contribution in [0.25, 0.3) is 0 Å². The Morgan fingerprint density at radius 3 is 2.44 bits per heavy atom. The van der Waals surface area contributed by atoms with Crippen LogP contribution in [0.2, 0.25) is 0 Å². The highest BCUT2D eigenvalue weighted by Crippen LogP contribution is 2.16. The van der Waals surface area contributed by atoms with Crippen LogP contribution in [0.15, 0.2) is 23.4 Å². The number of nitrogens with two attached hydrogens (primary N) is 1. The Bertz CT molecular complexity index is 492. The molecular formula is C11H18N4O2S. The first-order valence-corrected chi connectivity index (χ1v) is 7.42. The molecule has 18 heavy (non-hydrogen) atoms. The average Bonchev–Trinajstić information content (AvgIpc) is 2.39. The fourth-order valence-corrected chi connectivity index (χ4v) is 3.30. The van der Waals surface area contributed by atoms with Crippen LogP contribution in [0.1, 0.15) is 6.92 Å². The van der Waals surface area contributed by atoms with Crippen molar-refractivity contribution in [2.75, 3.05) is 38.5 Å². The lowest BCUT2D eigenvalue weighted by atomic mass is 10.4. The number of sulfonamides is 1. The lowest BCUT2D eigenvalue weighted by Gasteiger charge is -2.32. The molecule has 100 valence electrons. The summed E-state index contributed by atoms with van der Waals surface area (Å²) in [7, 11) is -3.47. The highest BCUT2D eigenvalue weighted by Gasteiger charge is 2.28. The summed E-state index contributed by atoms with van der Waals surface area (Å²) in [5.74, 6) is 0. The number of hydrogen-bond donors (Lipinski definition) is 1. The molecule has 2 heterocycles. The zero-order valence-corrected chi connectivity index (χ0v) is 11.2. The van der Waals surface area contributed by atoms with Crippen molar-refractivity contribution in [3.05, 3.63) is 18.3 Å². The number of piperazine rings is 1. The van der Waals surface area contributed by atoms with Gasteiger partial charge in [0, 0.05) is 26.2 Å². The number of aromatic nitrogens is 1. The molecule has 1 aliphatic rings. The molecule has 0 amide bonds. The van der Waals surface area contributed by atoms with Gasteiger partial charge in [0.2, 0.25) is 0 Å². The number of pyridine rings is 1. The molecule has 0 bridgehead atoms. The molecule has 0 atom stereocenters. The van der Waals surface area contributed by atoms with Crippen LogP contribution in [0, 0.1) is 0 Å². The van der Waals surface area contributed by atoms with Gasteiger partial charge in [-0.25, -0.2) is 13.4 Å². The van der Waals surface area contributed by atoms with Crippen molar-refractivity contribution in [3.8, 4) is 0 Å². The second-order valence-electron chi connectivity index (χ2n) is 4.27. The summed E-state index contributed by atoms with van der Waals surface area (Å²) in [5, 5.41) is 0.0710. The molecule has 0 spiro atoms. The second kappa shape index (κ2) is 5.21. The van der Waals surface area contributed by atoms with E-state index in [0.717, 1.165) is 19.6 Å². The van der Waals surface area contributed by atoms with Crippen LogP contribution in [-0.4, -0.2) is 55.3 Å². The molecule has 0 saturated carbocycles. The normalized spacial score (nSPS) is 18.9. The van der Waals surface area contributed by atoms with Gasteiger partial charge in [-0.05, 0) is 18.7 Å². The van der Waals surface area contributed by atoms with Gasteiger partial charge in [-0.15, -0.1) is 0 Å². The van der Waals surface area contributed by atoms with E-state index in [2.05, 4.69) is 16.8 Å². The standard InChI is InChI=1S/C11H18N4O2S/c1-2-14-5-7-15(8-6-14)18(16,17)11-4-3-10(12)9-13-11/h3-4,9H,2,5-8,12H2,1H3. The van der Waals surface area contributed by atoms with Gasteiger partial charge in [0.25, 0.3) is 10.0 Å². The van der Waals surface area contributed by atoms with Gasteiger partial charge in [-0.2, -0.15) is 4.31 Å². The van der Waals surface area contributed by atoms with E-state index in [1.165, 1.54) is 16.6 Å². The van der Waals surface area contributed by atoms with Gasteiger partial charge in [0.1, 0.15) is 0 Å². The van der Waals surface area contributed by atoms with Crippen LogP contribution in [0.3, 0.4) is 0 Å². The molecule has 1 fully saturated rings. The first-order valence-electron chi connectivity index (χ1n) is 5.98. The van der Waals surface area contributed by atoms with E-state index < -0.39 is 10.0 Å². The lowest BCUT2D eigenvalue weighted by molar-refractivity contribution is 0.196. The molecule has 0 aromatic carbocycles. The molecule has 6 nitrogen and oxygen atoms in total. The number of hydrogen-bond acceptors (Lipinski definition) is 5. The van der Waals surface area contributed by atoms with Gasteiger partial charge in [-0.3, -0.25) is 0 Å². The van der Waals surface area contributed by atoms with Crippen molar-refractivity contribution >= 4 is 15.7 Å². The van der Waals surface area contributed by atoms with Crippen molar-refractivity contribution in [1.82, 2.24) is 14.2 Å².